The van der Waals surface area contributed by atoms with Crippen LogP contribution < -0.4 is 10.3 Å². The van der Waals surface area contributed by atoms with Gasteiger partial charge in [-0.15, -0.1) is 0 Å². The highest BCUT2D eigenvalue weighted by molar-refractivity contribution is 5.79. The smallest absolute Gasteiger partial charge is 0.198 e. The standard InChI is InChI=1S/C19H20N2O/c1-14-17(13-21(2)12-15-8-4-3-5-9-15)19(22)16-10-6-7-11-18(16)20-14/h3-11H,12-13H2,1-2H3,(H,20,22)/p+1. The van der Waals surface area contributed by atoms with E-state index in [1.165, 1.54) is 10.5 Å². The van der Waals surface area contributed by atoms with Crippen LogP contribution in [0.15, 0.2) is 59.4 Å². The van der Waals surface area contributed by atoms with Gasteiger partial charge < -0.3 is 9.88 Å². The number of aromatic nitrogens is 1. The van der Waals surface area contributed by atoms with Crippen molar-refractivity contribution in [1.29, 1.82) is 0 Å². The number of aryl methyl sites for hydroxylation is 1. The second kappa shape index (κ2) is 6.16. The van der Waals surface area contributed by atoms with Gasteiger partial charge in [0.05, 0.1) is 12.6 Å². The predicted octanol–water partition coefficient (Wildman–Crippen LogP) is 2.05. The number of H-pyrrole nitrogens is 1. The molecule has 1 atom stereocenters. The van der Waals surface area contributed by atoms with Crippen LogP contribution in [0.5, 0.6) is 0 Å². The van der Waals surface area contributed by atoms with Gasteiger partial charge in [0.2, 0.25) is 0 Å². The van der Waals surface area contributed by atoms with Crippen LogP contribution in [0.3, 0.4) is 0 Å². The summed E-state index contributed by atoms with van der Waals surface area (Å²) in [5.74, 6) is 0. The van der Waals surface area contributed by atoms with E-state index in [9.17, 15) is 4.79 Å². The number of aromatic amines is 1. The van der Waals surface area contributed by atoms with Gasteiger partial charge in [0.1, 0.15) is 13.1 Å². The molecule has 0 amide bonds. The zero-order valence-corrected chi connectivity index (χ0v) is 13.0. The van der Waals surface area contributed by atoms with Gasteiger partial charge in [0.25, 0.3) is 0 Å². The molecular formula is C19H21N2O+. The number of hydrogen-bond acceptors (Lipinski definition) is 1. The van der Waals surface area contributed by atoms with E-state index in [0.29, 0.717) is 0 Å². The van der Waals surface area contributed by atoms with Gasteiger partial charge in [0.15, 0.2) is 5.43 Å². The Balaban J connectivity index is 1.89. The fraction of sp³-hybridized carbons (Fsp3) is 0.211. The molecule has 22 heavy (non-hydrogen) atoms. The number of fused-ring (bicyclic) bond motifs is 1. The van der Waals surface area contributed by atoms with E-state index in [0.717, 1.165) is 35.2 Å². The SMILES string of the molecule is Cc1[nH]c2ccccc2c(=O)c1C[NH+](C)Cc1ccccc1. The highest BCUT2D eigenvalue weighted by Gasteiger charge is 2.13. The van der Waals surface area contributed by atoms with Crippen molar-refractivity contribution in [3.8, 4) is 0 Å². The lowest BCUT2D eigenvalue weighted by Gasteiger charge is -2.15. The first-order valence-electron chi connectivity index (χ1n) is 7.61. The molecule has 3 rings (SSSR count). The second-order valence-electron chi connectivity index (χ2n) is 5.90. The number of para-hydroxylation sites is 1. The van der Waals surface area contributed by atoms with Crippen molar-refractivity contribution in [3.05, 3.63) is 81.6 Å². The van der Waals surface area contributed by atoms with Gasteiger partial charge in [-0.25, -0.2) is 0 Å². The van der Waals surface area contributed by atoms with E-state index in [1.54, 1.807) is 0 Å². The van der Waals surface area contributed by atoms with Crippen LogP contribution in [0.2, 0.25) is 0 Å². The van der Waals surface area contributed by atoms with Crippen molar-refractivity contribution in [2.24, 2.45) is 0 Å². The maximum Gasteiger partial charge on any atom is 0.198 e. The fourth-order valence-electron chi connectivity index (χ4n) is 2.92. The summed E-state index contributed by atoms with van der Waals surface area (Å²) in [5, 5.41) is 0.774. The van der Waals surface area contributed by atoms with E-state index >= 15 is 0 Å². The molecule has 0 aliphatic carbocycles. The Labute approximate surface area is 130 Å². The van der Waals surface area contributed by atoms with Gasteiger partial charge in [-0.3, -0.25) is 4.79 Å². The molecular weight excluding hydrogens is 272 g/mol. The molecule has 0 saturated heterocycles. The van der Waals surface area contributed by atoms with Crippen molar-refractivity contribution in [1.82, 2.24) is 4.98 Å². The highest BCUT2D eigenvalue weighted by atomic mass is 16.1. The van der Waals surface area contributed by atoms with Crippen molar-refractivity contribution >= 4 is 10.9 Å². The lowest BCUT2D eigenvalue weighted by Crippen LogP contribution is -3.06. The van der Waals surface area contributed by atoms with Gasteiger partial charge in [-0.05, 0) is 19.1 Å². The van der Waals surface area contributed by atoms with E-state index in [4.69, 9.17) is 0 Å². The topological polar surface area (TPSA) is 37.3 Å². The van der Waals surface area contributed by atoms with E-state index < -0.39 is 0 Å². The molecule has 3 heteroatoms. The summed E-state index contributed by atoms with van der Waals surface area (Å²) < 4.78 is 0. The Morgan fingerprint density at radius 2 is 1.64 bits per heavy atom. The molecule has 1 heterocycles. The number of pyridine rings is 1. The Hall–Kier alpha value is -2.39. The first kappa shape index (κ1) is 14.5. The maximum absolute atomic E-state index is 12.7. The average molecular weight is 293 g/mol. The maximum atomic E-state index is 12.7. The van der Waals surface area contributed by atoms with Gasteiger partial charge >= 0.3 is 0 Å². The molecule has 112 valence electrons. The lowest BCUT2D eigenvalue weighted by atomic mass is 10.1. The van der Waals surface area contributed by atoms with Crippen molar-refractivity contribution in [3.63, 3.8) is 0 Å². The van der Waals surface area contributed by atoms with Crippen LogP contribution in [0.25, 0.3) is 10.9 Å². The molecule has 2 aromatic carbocycles. The number of benzene rings is 2. The Bertz CT molecular complexity index is 837. The molecule has 0 spiro atoms. The molecule has 1 aromatic heterocycles. The van der Waals surface area contributed by atoms with Gasteiger partial charge in [-0.1, -0.05) is 42.5 Å². The Morgan fingerprint density at radius 1 is 0.955 bits per heavy atom. The normalized spacial score (nSPS) is 12.5. The van der Waals surface area contributed by atoms with Crippen LogP contribution in [-0.4, -0.2) is 12.0 Å². The second-order valence-corrected chi connectivity index (χ2v) is 5.90. The van der Waals surface area contributed by atoms with Crippen molar-refractivity contribution in [2.45, 2.75) is 20.0 Å². The van der Waals surface area contributed by atoms with Crippen LogP contribution in [0.4, 0.5) is 0 Å². The number of rotatable bonds is 4. The van der Waals surface area contributed by atoms with E-state index in [2.05, 4.69) is 36.3 Å². The van der Waals surface area contributed by atoms with Gasteiger partial charge in [-0.2, -0.15) is 0 Å². The van der Waals surface area contributed by atoms with Crippen LogP contribution in [0.1, 0.15) is 16.8 Å². The molecule has 1 unspecified atom stereocenters. The minimum Gasteiger partial charge on any atom is -0.358 e. The third-order valence-corrected chi connectivity index (χ3v) is 4.05. The Kier molecular flexibility index (Phi) is 4.07. The zero-order valence-electron chi connectivity index (χ0n) is 13.0. The third kappa shape index (κ3) is 2.95. The quantitative estimate of drug-likeness (QED) is 0.759. The predicted molar refractivity (Wildman–Crippen MR) is 90.0 cm³/mol. The monoisotopic (exact) mass is 293 g/mol. The molecule has 0 aliphatic heterocycles. The number of nitrogens with one attached hydrogen (secondary N) is 2. The molecule has 0 fully saturated rings. The Morgan fingerprint density at radius 3 is 2.41 bits per heavy atom. The summed E-state index contributed by atoms with van der Waals surface area (Å²) in [5.41, 5.74) is 4.20. The molecule has 0 bridgehead atoms. The third-order valence-electron chi connectivity index (χ3n) is 4.05. The minimum atomic E-state index is 0.152. The largest absolute Gasteiger partial charge is 0.358 e. The summed E-state index contributed by atoms with van der Waals surface area (Å²) >= 11 is 0. The first-order chi connectivity index (χ1) is 10.6. The molecule has 2 N–H and O–H groups in total. The summed E-state index contributed by atoms with van der Waals surface area (Å²) in [6, 6.07) is 18.1. The molecule has 0 saturated carbocycles. The summed E-state index contributed by atoms with van der Waals surface area (Å²) in [6.45, 7) is 3.62. The molecule has 0 radical (unpaired) electrons. The lowest BCUT2D eigenvalue weighted by molar-refractivity contribution is -0.907. The number of quaternary nitrogens is 1. The summed E-state index contributed by atoms with van der Waals surface area (Å²) in [4.78, 5) is 17.4. The average Bonchev–Trinajstić information content (AvgIpc) is 2.52. The summed E-state index contributed by atoms with van der Waals surface area (Å²) in [7, 11) is 2.13. The van der Waals surface area contributed by atoms with Crippen molar-refractivity contribution in [2.75, 3.05) is 7.05 Å². The molecule has 3 aromatic rings. The fourth-order valence-corrected chi connectivity index (χ4v) is 2.92. The highest BCUT2D eigenvalue weighted by Crippen LogP contribution is 2.10. The van der Waals surface area contributed by atoms with Gasteiger partial charge in [0, 0.05) is 22.2 Å². The first-order valence-corrected chi connectivity index (χ1v) is 7.61. The zero-order chi connectivity index (χ0) is 15.5. The van der Waals surface area contributed by atoms with Crippen LogP contribution >= 0.6 is 0 Å². The molecule has 0 aliphatic rings. The number of hydrogen-bond donors (Lipinski definition) is 2. The van der Waals surface area contributed by atoms with E-state index in [1.807, 2.05) is 37.3 Å². The van der Waals surface area contributed by atoms with Crippen molar-refractivity contribution < 1.29 is 4.90 Å². The molecule has 3 nitrogen and oxygen atoms in total. The summed E-state index contributed by atoms with van der Waals surface area (Å²) in [6.07, 6.45) is 0. The minimum absolute atomic E-state index is 0.152. The van der Waals surface area contributed by atoms with Crippen LogP contribution in [0, 0.1) is 6.92 Å². The van der Waals surface area contributed by atoms with Crippen LogP contribution in [-0.2, 0) is 13.1 Å². The van der Waals surface area contributed by atoms with E-state index in [-0.39, 0.29) is 5.43 Å².